The third-order valence-electron chi connectivity index (χ3n) is 6.48. The Bertz CT molecular complexity index is 714. The number of guanidine groups is 1. The molecular formula is C25H42N6O. The van der Waals surface area contributed by atoms with E-state index >= 15 is 0 Å². The summed E-state index contributed by atoms with van der Waals surface area (Å²) in [4.78, 5) is 23.8. The number of likely N-dealkylation sites (tertiary alicyclic amines) is 2. The quantitative estimate of drug-likeness (QED) is 0.349. The Balaban J connectivity index is 1.40. The summed E-state index contributed by atoms with van der Waals surface area (Å²) in [5, 5.41) is 7.05. The van der Waals surface area contributed by atoms with Crippen LogP contribution in [-0.2, 0) is 11.3 Å². The molecule has 1 amide bonds. The second-order valence-electron chi connectivity index (χ2n) is 9.22. The van der Waals surface area contributed by atoms with Crippen molar-refractivity contribution in [2.75, 3.05) is 53.4 Å². The Morgan fingerprint density at radius 2 is 1.88 bits per heavy atom. The first-order valence-corrected chi connectivity index (χ1v) is 12.3. The van der Waals surface area contributed by atoms with Crippen LogP contribution in [-0.4, -0.2) is 92.0 Å². The fraction of sp³-hybridized carbons (Fsp3) is 0.680. The van der Waals surface area contributed by atoms with Gasteiger partial charge in [-0.2, -0.15) is 0 Å². The molecule has 0 spiro atoms. The lowest BCUT2D eigenvalue weighted by Gasteiger charge is -2.33. The zero-order valence-corrected chi connectivity index (χ0v) is 20.2. The number of piperidine rings is 1. The number of benzene rings is 1. The van der Waals surface area contributed by atoms with E-state index in [1.54, 1.807) is 4.90 Å². The van der Waals surface area contributed by atoms with E-state index in [1.165, 1.54) is 5.56 Å². The van der Waals surface area contributed by atoms with Crippen LogP contribution in [0.4, 0.5) is 0 Å². The maximum absolute atomic E-state index is 12.4. The number of rotatable bonds is 9. The number of likely N-dealkylation sites (N-methyl/N-ethyl adjacent to an activating group) is 1. The van der Waals surface area contributed by atoms with Crippen molar-refractivity contribution in [3.63, 3.8) is 0 Å². The highest BCUT2D eigenvalue weighted by molar-refractivity contribution is 5.81. The van der Waals surface area contributed by atoms with Crippen LogP contribution < -0.4 is 10.6 Å². The van der Waals surface area contributed by atoms with Gasteiger partial charge in [-0.05, 0) is 51.1 Å². The van der Waals surface area contributed by atoms with Gasteiger partial charge in [0, 0.05) is 59.4 Å². The number of carbonyl (C=O) groups is 1. The Morgan fingerprint density at radius 3 is 2.56 bits per heavy atom. The molecule has 1 unspecified atom stereocenters. The number of nitrogens with zero attached hydrogens (tertiary/aromatic N) is 4. The fourth-order valence-electron chi connectivity index (χ4n) is 4.73. The average Bonchev–Trinajstić information content (AvgIpc) is 3.26. The molecular weight excluding hydrogens is 400 g/mol. The molecule has 2 aliphatic rings. The molecule has 2 heterocycles. The van der Waals surface area contributed by atoms with Crippen LogP contribution in [0.3, 0.4) is 0 Å². The Hall–Kier alpha value is -2.12. The molecule has 1 aromatic carbocycles. The molecule has 2 fully saturated rings. The molecule has 2 N–H and O–H groups in total. The van der Waals surface area contributed by atoms with Crippen molar-refractivity contribution in [3.8, 4) is 0 Å². The Morgan fingerprint density at radius 1 is 1.12 bits per heavy atom. The van der Waals surface area contributed by atoms with Gasteiger partial charge in [-0.1, -0.05) is 30.3 Å². The molecule has 0 bridgehead atoms. The molecule has 7 nitrogen and oxygen atoms in total. The van der Waals surface area contributed by atoms with Crippen LogP contribution in [0.1, 0.15) is 44.6 Å². The van der Waals surface area contributed by atoms with Crippen molar-refractivity contribution in [2.45, 2.75) is 57.7 Å². The zero-order chi connectivity index (χ0) is 22.8. The van der Waals surface area contributed by atoms with Gasteiger partial charge in [-0.25, -0.2) is 0 Å². The molecule has 1 aromatic rings. The van der Waals surface area contributed by atoms with E-state index in [4.69, 9.17) is 4.99 Å². The normalized spacial score (nSPS) is 21.0. The van der Waals surface area contributed by atoms with Crippen molar-refractivity contribution >= 4 is 11.9 Å². The van der Waals surface area contributed by atoms with E-state index in [-0.39, 0.29) is 11.9 Å². The summed E-state index contributed by atoms with van der Waals surface area (Å²) in [6.45, 7) is 8.98. The topological polar surface area (TPSA) is 63.2 Å². The van der Waals surface area contributed by atoms with Crippen molar-refractivity contribution in [2.24, 2.45) is 4.99 Å². The highest BCUT2D eigenvalue weighted by Gasteiger charge is 2.31. The lowest BCUT2D eigenvalue weighted by atomic mass is 10.0. The summed E-state index contributed by atoms with van der Waals surface area (Å²) in [6.07, 6.45) is 5.34. The predicted molar refractivity (Wildman–Crippen MR) is 132 cm³/mol. The lowest BCUT2D eigenvalue weighted by Crippen LogP contribution is -2.48. The van der Waals surface area contributed by atoms with Gasteiger partial charge in [-0.3, -0.25) is 19.6 Å². The van der Waals surface area contributed by atoms with Crippen molar-refractivity contribution in [1.29, 1.82) is 0 Å². The second kappa shape index (κ2) is 12.8. The average molecular weight is 443 g/mol. The zero-order valence-electron chi connectivity index (χ0n) is 20.2. The lowest BCUT2D eigenvalue weighted by molar-refractivity contribution is -0.133. The standard InChI is InChI=1S/C25H42N6O/c1-4-26-25(27-15-9-17-31-16-8-12-23(31)24(32)29(2)3)28-22-13-18-30(19-14-22)20-21-10-6-5-7-11-21/h5-7,10-11,22-23H,4,8-9,12-20H2,1-3H3,(H2,26,27,28). The van der Waals surface area contributed by atoms with Crippen molar-refractivity contribution in [3.05, 3.63) is 35.9 Å². The van der Waals surface area contributed by atoms with E-state index in [0.29, 0.717) is 6.04 Å². The molecule has 2 aliphatic heterocycles. The first-order valence-electron chi connectivity index (χ1n) is 12.3. The van der Waals surface area contributed by atoms with Crippen LogP contribution in [0, 0.1) is 0 Å². The number of amides is 1. The largest absolute Gasteiger partial charge is 0.357 e. The van der Waals surface area contributed by atoms with Gasteiger partial charge in [0.25, 0.3) is 0 Å². The number of nitrogens with one attached hydrogen (secondary N) is 2. The van der Waals surface area contributed by atoms with Crippen LogP contribution in [0.5, 0.6) is 0 Å². The minimum absolute atomic E-state index is 0.0569. The predicted octanol–water partition coefficient (Wildman–Crippen LogP) is 2.15. The van der Waals surface area contributed by atoms with Crippen molar-refractivity contribution < 1.29 is 4.79 Å². The molecule has 178 valence electrons. The van der Waals surface area contributed by atoms with E-state index in [1.807, 2.05) is 14.1 Å². The van der Waals surface area contributed by atoms with E-state index in [2.05, 4.69) is 57.7 Å². The maximum atomic E-state index is 12.4. The Kier molecular flexibility index (Phi) is 9.81. The summed E-state index contributed by atoms with van der Waals surface area (Å²) in [5.74, 6) is 1.16. The third kappa shape index (κ3) is 7.48. The maximum Gasteiger partial charge on any atom is 0.239 e. The fourth-order valence-corrected chi connectivity index (χ4v) is 4.73. The monoisotopic (exact) mass is 442 g/mol. The van der Waals surface area contributed by atoms with Gasteiger partial charge in [0.15, 0.2) is 5.96 Å². The highest BCUT2D eigenvalue weighted by Crippen LogP contribution is 2.19. The first kappa shape index (κ1) is 24.5. The summed E-state index contributed by atoms with van der Waals surface area (Å²) in [7, 11) is 3.70. The minimum Gasteiger partial charge on any atom is -0.357 e. The minimum atomic E-state index is 0.0569. The Labute approximate surface area is 194 Å². The van der Waals surface area contributed by atoms with Gasteiger partial charge in [0.2, 0.25) is 5.91 Å². The molecule has 0 aliphatic carbocycles. The SMILES string of the molecule is CCNC(=NCCCN1CCCC1C(=O)N(C)C)NC1CCN(Cc2ccccc2)CC1. The third-order valence-corrected chi connectivity index (χ3v) is 6.48. The molecule has 0 radical (unpaired) electrons. The van der Waals surface area contributed by atoms with Gasteiger partial charge in [-0.15, -0.1) is 0 Å². The summed E-state index contributed by atoms with van der Waals surface area (Å²) in [6, 6.07) is 11.3. The second-order valence-corrected chi connectivity index (χ2v) is 9.22. The number of hydrogen-bond acceptors (Lipinski definition) is 4. The van der Waals surface area contributed by atoms with Gasteiger partial charge < -0.3 is 15.5 Å². The molecule has 32 heavy (non-hydrogen) atoms. The summed E-state index contributed by atoms with van der Waals surface area (Å²) >= 11 is 0. The van der Waals surface area contributed by atoms with Crippen LogP contribution in [0.25, 0.3) is 0 Å². The highest BCUT2D eigenvalue weighted by atomic mass is 16.2. The van der Waals surface area contributed by atoms with E-state index in [0.717, 1.165) is 83.9 Å². The number of hydrogen-bond donors (Lipinski definition) is 2. The summed E-state index contributed by atoms with van der Waals surface area (Å²) in [5.41, 5.74) is 1.39. The van der Waals surface area contributed by atoms with E-state index < -0.39 is 0 Å². The van der Waals surface area contributed by atoms with Crippen molar-refractivity contribution in [1.82, 2.24) is 25.3 Å². The van der Waals surface area contributed by atoms with Crippen LogP contribution in [0.2, 0.25) is 0 Å². The van der Waals surface area contributed by atoms with E-state index in [9.17, 15) is 4.79 Å². The molecule has 0 aromatic heterocycles. The molecule has 3 rings (SSSR count). The molecule has 0 saturated carbocycles. The van der Waals surface area contributed by atoms with Gasteiger partial charge in [0.1, 0.15) is 0 Å². The molecule has 1 atom stereocenters. The number of aliphatic imine (C=N–C) groups is 1. The molecule has 2 saturated heterocycles. The smallest absolute Gasteiger partial charge is 0.239 e. The van der Waals surface area contributed by atoms with Crippen LogP contribution in [0.15, 0.2) is 35.3 Å². The van der Waals surface area contributed by atoms with Gasteiger partial charge in [0.05, 0.1) is 6.04 Å². The van der Waals surface area contributed by atoms with Gasteiger partial charge >= 0.3 is 0 Å². The number of carbonyl (C=O) groups excluding carboxylic acids is 1. The molecule has 7 heteroatoms. The van der Waals surface area contributed by atoms with Crippen LogP contribution >= 0.6 is 0 Å². The summed E-state index contributed by atoms with van der Waals surface area (Å²) < 4.78 is 0. The first-order chi connectivity index (χ1) is 15.6.